The molecule has 0 bridgehead atoms. The Morgan fingerprint density at radius 3 is 2.25 bits per heavy atom. The number of hydrogen-bond acceptors (Lipinski definition) is 3. The van der Waals surface area contributed by atoms with Gasteiger partial charge in [0.15, 0.2) is 0 Å². The molecule has 0 aliphatic rings. The van der Waals surface area contributed by atoms with Crippen molar-refractivity contribution in [2.45, 2.75) is 0 Å². The van der Waals surface area contributed by atoms with E-state index in [0.717, 1.165) is 0 Å². The zero-order chi connectivity index (χ0) is 9.40. The Bertz CT molecular complexity index is 211. The third-order valence-corrected chi connectivity index (χ3v) is 1.07. The maximum absolute atomic E-state index is 4.93. The highest BCUT2D eigenvalue weighted by molar-refractivity contribution is 5.56. The lowest BCUT2D eigenvalue weighted by molar-refractivity contribution is 0.171. The highest BCUT2D eigenvalue weighted by Gasteiger charge is 2.09. The summed E-state index contributed by atoms with van der Waals surface area (Å²) in [4.78, 5) is 0. The summed E-state index contributed by atoms with van der Waals surface area (Å²) in [6.07, 6.45) is 1.39. The molecule has 0 aromatic heterocycles. The molecule has 0 aliphatic heterocycles. The van der Waals surface area contributed by atoms with Crippen LogP contribution in [-0.4, -0.2) is 34.4 Å². The molecule has 0 unspecified atom stereocenters. The second kappa shape index (κ2) is 6.31. The van der Waals surface area contributed by atoms with Gasteiger partial charge in [0.2, 0.25) is 5.76 Å². The lowest BCUT2D eigenvalue weighted by Gasteiger charge is -2.02. The van der Waals surface area contributed by atoms with Crippen molar-refractivity contribution in [2.24, 2.45) is 0 Å². The maximum Gasteiger partial charge on any atom is 0.395 e. The van der Waals surface area contributed by atoms with Crippen LogP contribution in [0.3, 0.4) is 0 Å². The van der Waals surface area contributed by atoms with Crippen LogP contribution in [0.15, 0.2) is 17.8 Å². The molecular formula is C8H13O4+. The summed E-state index contributed by atoms with van der Waals surface area (Å²) in [7, 11) is 5.98. The monoisotopic (exact) mass is 173 g/mol. The molecule has 0 fully saturated rings. The van der Waals surface area contributed by atoms with Crippen LogP contribution < -0.4 is 0 Å². The van der Waals surface area contributed by atoms with Crippen LogP contribution in [0.25, 0.3) is 0 Å². The van der Waals surface area contributed by atoms with E-state index in [1.54, 1.807) is 0 Å². The standard InChI is InChI=1S/C8H13O4/c1-9-5-7(11-3)8(12-4)6-10-2/h5H,1-4H3/q+1. The van der Waals surface area contributed by atoms with Crippen LogP contribution in [0.2, 0.25) is 0 Å². The Kier molecular flexibility index (Phi) is 5.57. The molecule has 0 radical (unpaired) electrons. The van der Waals surface area contributed by atoms with Gasteiger partial charge in [0.05, 0.1) is 21.3 Å². The molecular weight excluding hydrogens is 160 g/mol. The van der Waals surface area contributed by atoms with Crippen LogP contribution in [0, 0.1) is 0 Å². The van der Waals surface area contributed by atoms with Gasteiger partial charge in [0.25, 0.3) is 7.11 Å². The van der Waals surface area contributed by atoms with Gasteiger partial charge in [-0.3, -0.25) is 0 Å². The number of hydrogen-bond donors (Lipinski definition) is 0. The van der Waals surface area contributed by atoms with E-state index in [0.29, 0.717) is 11.5 Å². The minimum Gasteiger partial charge on any atom is -0.500 e. The molecule has 0 aromatic rings. The van der Waals surface area contributed by atoms with Crippen molar-refractivity contribution in [1.29, 1.82) is 0 Å². The van der Waals surface area contributed by atoms with E-state index >= 15 is 0 Å². The zero-order valence-electron chi connectivity index (χ0n) is 7.71. The van der Waals surface area contributed by atoms with Gasteiger partial charge >= 0.3 is 11.7 Å². The maximum atomic E-state index is 4.93. The minimum atomic E-state index is 0.349. The molecule has 0 aliphatic carbocycles. The number of methoxy groups -OCH3 is 3. The molecule has 0 heterocycles. The lowest BCUT2D eigenvalue weighted by atomic mass is 10.5. The van der Waals surface area contributed by atoms with Gasteiger partial charge in [-0.2, -0.15) is 0 Å². The van der Waals surface area contributed by atoms with Crippen molar-refractivity contribution in [2.75, 3.05) is 28.4 Å². The Labute approximate surface area is 71.7 Å². The lowest BCUT2D eigenvalue weighted by Crippen LogP contribution is -1.97. The van der Waals surface area contributed by atoms with Crippen molar-refractivity contribution in [3.63, 3.8) is 0 Å². The van der Waals surface area contributed by atoms with E-state index in [4.69, 9.17) is 14.2 Å². The molecule has 12 heavy (non-hydrogen) atoms. The molecule has 0 saturated heterocycles. The van der Waals surface area contributed by atoms with Gasteiger partial charge < -0.3 is 14.2 Å². The van der Waals surface area contributed by atoms with E-state index in [2.05, 4.69) is 10.4 Å². The van der Waals surface area contributed by atoms with Crippen molar-refractivity contribution >= 4 is 5.94 Å². The van der Waals surface area contributed by atoms with E-state index in [1.807, 2.05) is 0 Å². The molecule has 0 saturated carbocycles. The topological polar surface area (TPSA) is 39.0 Å². The van der Waals surface area contributed by atoms with Crippen molar-refractivity contribution < 1.29 is 18.6 Å². The zero-order valence-corrected chi connectivity index (χ0v) is 7.71. The van der Waals surface area contributed by atoms with E-state index < -0.39 is 0 Å². The second-order valence-corrected chi connectivity index (χ2v) is 1.76. The van der Waals surface area contributed by atoms with Gasteiger partial charge in [0, 0.05) is 0 Å². The number of ether oxygens (including phenoxy) is 3. The normalized spacial score (nSPS) is 9.83. The van der Waals surface area contributed by atoms with Crippen molar-refractivity contribution in [3.8, 4) is 0 Å². The minimum absolute atomic E-state index is 0.349. The molecule has 0 rings (SSSR count). The molecule has 0 aromatic carbocycles. The van der Waals surface area contributed by atoms with Gasteiger partial charge in [-0.1, -0.05) is 0 Å². The summed E-state index contributed by atoms with van der Waals surface area (Å²) in [5.74, 6) is 3.26. The fraction of sp³-hybridized carbons (Fsp3) is 0.500. The average molecular weight is 173 g/mol. The summed E-state index contributed by atoms with van der Waals surface area (Å²) >= 11 is 0. The molecule has 0 N–H and O–H groups in total. The first-order valence-electron chi connectivity index (χ1n) is 3.27. The summed E-state index contributed by atoms with van der Waals surface area (Å²) in [5, 5.41) is 0. The van der Waals surface area contributed by atoms with Crippen LogP contribution in [0.5, 0.6) is 0 Å². The molecule has 68 valence electrons. The average Bonchev–Trinajstić information content (AvgIpc) is 2.11. The largest absolute Gasteiger partial charge is 0.500 e. The third kappa shape index (κ3) is 3.12. The first kappa shape index (κ1) is 10.6. The van der Waals surface area contributed by atoms with E-state index in [1.165, 1.54) is 34.7 Å². The van der Waals surface area contributed by atoms with Crippen molar-refractivity contribution in [3.05, 3.63) is 17.8 Å². The van der Waals surface area contributed by atoms with Gasteiger partial charge in [-0.15, -0.1) is 0 Å². The first-order chi connectivity index (χ1) is 5.79. The smallest absolute Gasteiger partial charge is 0.395 e. The highest BCUT2D eigenvalue weighted by atomic mass is 16.5. The van der Waals surface area contributed by atoms with Crippen LogP contribution >= 0.6 is 0 Å². The Hall–Kier alpha value is -1.41. The number of rotatable bonds is 4. The predicted octanol–water partition coefficient (Wildman–Crippen LogP) is 0.648. The second-order valence-electron chi connectivity index (χ2n) is 1.76. The molecule has 0 atom stereocenters. The summed E-state index contributed by atoms with van der Waals surface area (Å²) in [5.41, 5.74) is 0. The Morgan fingerprint density at radius 2 is 1.92 bits per heavy atom. The van der Waals surface area contributed by atoms with Gasteiger partial charge in [-0.25, -0.2) is 4.42 Å². The summed E-state index contributed by atoms with van der Waals surface area (Å²) in [6, 6.07) is 0. The highest BCUT2D eigenvalue weighted by Crippen LogP contribution is 2.07. The van der Waals surface area contributed by atoms with E-state index in [9.17, 15) is 0 Å². The summed E-state index contributed by atoms with van der Waals surface area (Å²) < 4.78 is 19.2. The van der Waals surface area contributed by atoms with E-state index in [-0.39, 0.29) is 0 Å². The fourth-order valence-corrected chi connectivity index (χ4v) is 0.587. The summed E-state index contributed by atoms with van der Waals surface area (Å²) in [6.45, 7) is 0. The SMILES string of the molecule is COC=C(OC)C(=C=[O+]C)OC. The van der Waals surface area contributed by atoms with Crippen LogP contribution in [0.1, 0.15) is 0 Å². The van der Waals surface area contributed by atoms with Gasteiger partial charge in [0.1, 0.15) is 6.26 Å². The predicted molar refractivity (Wildman–Crippen MR) is 44.2 cm³/mol. The number of carbonyl (C=O) groups excluding carboxylic acids is 1. The van der Waals surface area contributed by atoms with Gasteiger partial charge in [-0.05, 0) is 0 Å². The van der Waals surface area contributed by atoms with Crippen LogP contribution in [-0.2, 0) is 18.6 Å². The fourth-order valence-electron chi connectivity index (χ4n) is 0.587. The molecule has 4 nitrogen and oxygen atoms in total. The van der Waals surface area contributed by atoms with Crippen molar-refractivity contribution in [1.82, 2.24) is 0 Å². The molecule has 0 amide bonds. The van der Waals surface area contributed by atoms with Crippen LogP contribution in [0.4, 0.5) is 0 Å². The quantitative estimate of drug-likeness (QED) is 0.271. The molecule has 0 spiro atoms. The third-order valence-electron chi connectivity index (χ3n) is 1.07. The Morgan fingerprint density at radius 1 is 1.25 bits per heavy atom. The molecule has 4 heteroatoms. The first-order valence-corrected chi connectivity index (χ1v) is 3.27. The Balaban J connectivity index is 4.69.